The average molecular weight is 446 g/mol. The molecule has 1 fully saturated rings. The van der Waals surface area contributed by atoms with Crippen LogP contribution >= 0.6 is 0 Å². The molecule has 33 heavy (non-hydrogen) atoms. The van der Waals surface area contributed by atoms with Gasteiger partial charge in [-0.2, -0.15) is 0 Å². The summed E-state index contributed by atoms with van der Waals surface area (Å²) in [6.45, 7) is 0.292. The molecule has 1 aliphatic rings. The normalized spacial score (nSPS) is 20.1. The highest BCUT2D eigenvalue weighted by atomic mass is 16.6. The summed E-state index contributed by atoms with van der Waals surface area (Å²) < 4.78 is 5.72. The van der Waals surface area contributed by atoms with E-state index in [0.717, 1.165) is 11.1 Å². The van der Waals surface area contributed by atoms with E-state index >= 15 is 0 Å². The van der Waals surface area contributed by atoms with E-state index in [4.69, 9.17) is 9.57 Å². The van der Waals surface area contributed by atoms with E-state index in [1.54, 1.807) is 36.4 Å². The van der Waals surface area contributed by atoms with Crippen molar-refractivity contribution in [2.24, 2.45) is 5.92 Å². The van der Waals surface area contributed by atoms with Crippen molar-refractivity contribution >= 4 is 11.9 Å². The van der Waals surface area contributed by atoms with E-state index in [9.17, 15) is 14.7 Å². The molecular weight excluding hydrogens is 418 g/mol. The third-order valence-corrected chi connectivity index (χ3v) is 6.23. The van der Waals surface area contributed by atoms with Gasteiger partial charge in [0.25, 0.3) is 0 Å². The van der Waals surface area contributed by atoms with Crippen LogP contribution in [0.25, 0.3) is 0 Å². The molecule has 1 amide bonds. The Kier molecular flexibility index (Phi) is 7.05. The molecule has 0 unspecified atom stereocenters. The highest BCUT2D eigenvalue weighted by molar-refractivity contribution is 5.86. The highest BCUT2D eigenvalue weighted by Gasteiger charge is 2.46. The first kappa shape index (κ1) is 22.6. The number of rotatable bonds is 7. The molecule has 170 valence electrons. The standard InChI is InChI=1S/C27H27NO5/c29-23-13-11-22(12-14-23)27(26(31)33-24-9-5-2-6-10-24)17-15-21(16-18-27)25(30)28-32-19-20-7-3-1-4-8-20/h1-14,21,29H,15-19H2,(H,28,30). The number of nitrogens with one attached hydrogen (secondary N) is 1. The number of hydrogen-bond acceptors (Lipinski definition) is 5. The second kappa shape index (κ2) is 10.3. The number of aromatic hydroxyl groups is 1. The van der Waals surface area contributed by atoms with Crippen LogP contribution < -0.4 is 10.2 Å². The maximum Gasteiger partial charge on any atom is 0.321 e. The van der Waals surface area contributed by atoms with E-state index in [1.165, 1.54) is 0 Å². The Bertz CT molecular complexity index is 1060. The average Bonchev–Trinajstić information content (AvgIpc) is 2.86. The smallest absolute Gasteiger partial charge is 0.321 e. The van der Waals surface area contributed by atoms with E-state index in [0.29, 0.717) is 38.0 Å². The Morgan fingerprint density at radius 3 is 2.12 bits per heavy atom. The van der Waals surface area contributed by atoms with Crippen LogP contribution in [0, 0.1) is 5.92 Å². The molecule has 0 aromatic heterocycles. The van der Waals surface area contributed by atoms with Crippen molar-refractivity contribution in [1.29, 1.82) is 0 Å². The quantitative estimate of drug-likeness (QED) is 0.314. The molecule has 0 aliphatic heterocycles. The number of carbonyl (C=O) groups excluding carboxylic acids is 2. The monoisotopic (exact) mass is 445 g/mol. The van der Waals surface area contributed by atoms with Crippen molar-refractivity contribution in [1.82, 2.24) is 5.48 Å². The van der Waals surface area contributed by atoms with Gasteiger partial charge in [0.05, 0.1) is 12.0 Å². The Morgan fingerprint density at radius 1 is 0.879 bits per heavy atom. The fourth-order valence-electron chi connectivity index (χ4n) is 4.31. The van der Waals surface area contributed by atoms with Crippen molar-refractivity contribution in [2.45, 2.75) is 37.7 Å². The Hall–Kier alpha value is -3.64. The lowest BCUT2D eigenvalue weighted by Crippen LogP contribution is -2.45. The Labute approximate surface area is 193 Å². The molecule has 6 heteroatoms. The third kappa shape index (κ3) is 5.41. The zero-order valence-electron chi connectivity index (χ0n) is 18.3. The first-order chi connectivity index (χ1) is 16.1. The largest absolute Gasteiger partial charge is 0.508 e. The van der Waals surface area contributed by atoms with Crippen LogP contribution in [-0.4, -0.2) is 17.0 Å². The van der Waals surface area contributed by atoms with Crippen molar-refractivity contribution in [3.05, 3.63) is 96.1 Å². The number of ether oxygens (including phenoxy) is 1. The number of hydrogen-bond donors (Lipinski definition) is 2. The molecule has 1 aliphatic carbocycles. The summed E-state index contributed by atoms with van der Waals surface area (Å²) in [5.41, 5.74) is 3.42. The predicted octanol–water partition coefficient (Wildman–Crippen LogP) is 4.67. The number of carbonyl (C=O) groups is 2. The summed E-state index contributed by atoms with van der Waals surface area (Å²) >= 11 is 0. The summed E-state index contributed by atoms with van der Waals surface area (Å²) in [7, 11) is 0. The summed E-state index contributed by atoms with van der Waals surface area (Å²) in [4.78, 5) is 31.4. The number of para-hydroxylation sites is 1. The number of benzene rings is 3. The second-order valence-electron chi connectivity index (χ2n) is 8.35. The van der Waals surface area contributed by atoms with E-state index in [-0.39, 0.29) is 23.5 Å². The van der Waals surface area contributed by atoms with Crippen LogP contribution in [0.2, 0.25) is 0 Å². The lowest BCUT2D eigenvalue weighted by Gasteiger charge is -2.38. The van der Waals surface area contributed by atoms with Gasteiger partial charge in [0, 0.05) is 5.92 Å². The minimum absolute atomic E-state index is 0.133. The Morgan fingerprint density at radius 2 is 1.48 bits per heavy atom. The molecule has 0 heterocycles. The van der Waals surface area contributed by atoms with Gasteiger partial charge in [0.2, 0.25) is 5.91 Å². The molecule has 4 rings (SSSR count). The molecule has 0 saturated heterocycles. The van der Waals surface area contributed by atoms with Gasteiger partial charge in [-0.05, 0) is 61.1 Å². The lowest BCUT2D eigenvalue weighted by molar-refractivity contribution is -0.146. The number of amides is 1. The highest BCUT2D eigenvalue weighted by Crippen LogP contribution is 2.43. The van der Waals surface area contributed by atoms with E-state index < -0.39 is 5.41 Å². The topological polar surface area (TPSA) is 84.9 Å². The molecule has 0 radical (unpaired) electrons. The van der Waals surface area contributed by atoms with E-state index in [2.05, 4.69) is 5.48 Å². The van der Waals surface area contributed by atoms with Gasteiger partial charge in [-0.3, -0.25) is 14.4 Å². The molecule has 1 saturated carbocycles. The zero-order chi connectivity index (χ0) is 23.1. The first-order valence-corrected chi connectivity index (χ1v) is 11.1. The van der Waals surface area contributed by atoms with Crippen molar-refractivity contribution in [3.8, 4) is 11.5 Å². The summed E-state index contributed by atoms with van der Waals surface area (Å²) in [5, 5.41) is 9.71. The number of hydroxylamine groups is 1. The first-order valence-electron chi connectivity index (χ1n) is 11.1. The van der Waals surface area contributed by atoms with Gasteiger partial charge in [0.1, 0.15) is 11.5 Å². The number of phenols is 1. The molecule has 3 aromatic carbocycles. The fourth-order valence-corrected chi connectivity index (χ4v) is 4.31. The minimum atomic E-state index is -0.884. The minimum Gasteiger partial charge on any atom is -0.508 e. The molecule has 0 bridgehead atoms. The maximum absolute atomic E-state index is 13.4. The van der Waals surface area contributed by atoms with Gasteiger partial charge < -0.3 is 9.84 Å². The number of esters is 1. The van der Waals surface area contributed by atoms with Crippen molar-refractivity contribution in [2.75, 3.05) is 0 Å². The molecule has 2 N–H and O–H groups in total. The SMILES string of the molecule is O=C(NOCc1ccccc1)C1CCC(C(=O)Oc2ccccc2)(c2ccc(O)cc2)CC1. The summed E-state index contributed by atoms with van der Waals surface area (Å²) in [6, 6.07) is 25.2. The van der Waals surface area contributed by atoms with E-state index in [1.807, 2.05) is 48.5 Å². The summed E-state index contributed by atoms with van der Waals surface area (Å²) in [6.07, 6.45) is 1.96. The molecular formula is C27H27NO5. The van der Waals surface area contributed by atoms with Gasteiger partial charge in [0.15, 0.2) is 0 Å². The third-order valence-electron chi connectivity index (χ3n) is 6.23. The lowest BCUT2D eigenvalue weighted by atomic mass is 9.66. The second-order valence-corrected chi connectivity index (χ2v) is 8.35. The predicted molar refractivity (Wildman–Crippen MR) is 123 cm³/mol. The summed E-state index contributed by atoms with van der Waals surface area (Å²) in [5.74, 6) is -0.167. The van der Waals surface area contributed by atoms with Crippen molar-refractivity contribution < 1.29 is 24.3 Å². The van der Waals surface area contributed by atoms with Gasteiger partial charge in [-0.25, -0.2) is 5.48 Å². The molecule has 3 aromatic rings. The molecule has 0 spiro atoms. The van der Waals surface area contributed by atoms with Crippen molar-refractivity contribution in [3.63, 3.8) is 0 Å². The van der Waals surface area contributed by atoms with Crippen LogP contribution in [-0.2, 0) is 26.4 Å². The maximum atomic E-state index is 13.4. The molecule has 0 atom stereocenters. The van der Waals surface area contributed by atoms with Crippen LogP contribution in [0.3, 0.4) is 0 Å². The number of phenolic OH excluding ortho intramolecular Hbond substituents is 1. The van der Waals surface area contributed by atoms with Crippen LogP contribution in [0.5, 0.6) is 11.5 Å². The van der Waals surface area contributed by atoms with Gasteiger partial charge in [-0.1, -0.05) is 60.7 Å². The fraction of sp³-hybridized carbons (Fsp3) is 0.259. The van der Waals surface area contributed by atoms with Crippen LogP contribution in [0.1, 0.15) is 36.8 Å². The van der Waals surface area contributed by atoms with Gasteiger partial charge >= 0.3 is 5.97 Å². The van der Waals surface area contributed by atoms with Crippen LogP contribution in [0.4, 0.5) is 0 Å². The van der Waals surface area contributed by atoms with Gasteiger partial charge in [-0.15, -0.1) is 0 Å². The van der Waals surface area contributed by atoms with Crippen LogP contribution in [0.15, 0.2) is 84.9 Å². The molecule has 6 nitrogen and oxygen atoms in total. The zero-order valence-corrected chi connectivity index (χ0v) is 18.3. The Balaban J connectivity index is 1.42.